The third kappa shape index (κ3) is 4.73. The molecule has 6 nitrogen and oxygen atoms in total. The highest BCUT2D eigenvalue weighted by Gasteiger charge is 2.15. The van der Waals surface area contributed by atoms with Crippen molar-refractivity contribution in [2.75, 3.05) is 12.4 Å². The molecule has 0 radical (unpaired) electrons. The van der Waals surface area contributed by atoms with Crippen molar-refractivity contribution in [3.05, 3.63) is 89.7 Å². The minimum absolute atomic E-state index is 0.163. The molecule has 3 rings (SSSR count). The third-order valence-electron chi connectivity index (χ3n) is 4.21. The van der Waals surface area contributed by atoms with Crippen molar-refractivity contribution >= 4 is 17.5 Å². The highest BCUT2D eigenvalue weighted by atomic mass is 16.5. The van der Waals surface area contributed by atoms with E-state index < -0.39 is 5.91 Å². The lowest BCUT2D eigenvalue weighted by Gasteiger charge is -2.14. The van der Waals surface area contributed by atoms with Crippen LogP contribution in [0.3, 0.4) is 0 Å². The first-order chi connectivity index (χ1) is 13.6. The van der Waals surface area contributed by atoms with Gasteiger partial charge < -0.3 is 15.4 Å². The summed E-state index contributed by atoms with van der Waals surface area (Å²) in [6, 6.07) is 21.2. The fraction of sp³-hybridized carbons (Fsp3) is 0.136. The number of carbonyl (C=O) groups is 2. The fourth-order valence-electron chi connectivity index (χ4n) is 2.65. The summed E-state index contributed by atoms with van der Waals surface area (Å²) >= 11 is 0. The number of ether oxygens (including phenoxy) is 1. The minimum atomic E-state index is -0.393. The Kier molecular flexibility index (Phi) is 6.01. The zero-order valence-corrected chi connectivity index (χ0v) is 15.7. The molecule has 0 aliphatic heterocycles. The molecule has 3 aromatic rings. The zero-order chi connectivity index (χ0) is 19.9. The monoisotopic (exact) mass is 375 g/mol. The van der Waals surface area contributed by atoms with Gasteiger partial charge in [0.05, 0.1) is 13.2 Å². The molecule has 0 aliphatic rings. The van der Waals surface area contributed by atoms with Crippen molar-refractivity contribution in [2.45, 2.75) is 13.0 Å². The Balaban J connectivity index is 1.68. The SMILES string of the molecule is COc1ccc(NC(=O)c2cccc(C(=O)NC(C)c3ccccc3)n2)cc1. The van der Waals surface area contributed by atoms with Gasteiger partial charge >= 0.3 is 0 Å². The Morgan fingerprint density at radius 1 is 0.857 bits per heavy atom. The maximum atomic E-state index is 12.5. The average molecular weight is 375 g/mol. The van der Waals surface area contributed by atoms with Crippen molar-refractivity contribution < 1.29 is 14.3 Å². The van der Waals surface area contributed by atoms with Crippen LogP contribution < -0.4 is 15.4 Å². The molecule has 1 heterocycles. The van der Waals surface area contributed by atoms with E-state index in [-0.39, 0.29) is 23.3 Å². The molecule has 0 bridgehead atoms. The third-order valence-corrected chi connectivity index (χ3v) is 4.21. The molecule has 28 heavy (non-hydrogen) atoms. The van der Waals surface area contributed by atoms with E-state index in [0.29, 0.717) is 11.4 Å². The lowest BCUT2D eigenvalue weighted by molar-refractivity contribution is 0.0934. The molecule has 1 atom stereocenters. The quantitative estimate of drug-likeness (QED) is 0.686. The van der Waals surface area contributed by atoms with Crippen LogP contribution in [0.4, 0.5) is 5.69 Å². The maximum absolute atomic E-state index is 12.5. The van der Waals surface area contributed by atoms with Gasteiger partial charge in [0, 0.05) is 5.69 Å². The van der Waals surface area contributed by atoms with Gasteiger partial charge in [-0.15, -0.1) is 0 Å². The lowest BCUT2D eigenvalue weighted by atomic mass is 10.1. The molecule has 2 amide bonds. The summed E-state index contributed by atoms with van der Waals surface area (Å²) in [5, 5.41) is 5.65. The molecule has 0 fully saturated rings. The number of anilines is 1. The number of pyridine rings is 1. The maximum Gasteiger partial charge on any atom is 0.274 e. The summed E-state index contributed by atoms with van der Waals surface area (Å²) in [5.74, 6) is -0.0336. The molecular formula is C22H21N3O3. The van der Waals surface area contributed by atoms with E-state index >= 15 is 0 Å². The normalized spacial score (nSPS) is 11.4. The van der Waals surface area contributed by atoms with Crippen LogP contribution in [0.5, 0.6) is 5.75 Å². The van der Waals surface area contributed by atoms with E-state index in [1.54, 1.807) is 49.6 Å². The fourth-order valence-corrected chi connectivity index (χ4v) is 2.65. The van der Waals surface area contributed by atoms with E-state index in [1.807, 2.05) is 37.3 Å². The Labute approximate surface area is 163 Å². The van der Waals surface area contributed by atoms with Crippen LogP contribution >= 0.6 is 0 Å². The summed E-state index contributed by atoms with van der Waals surface area (Å²) in [6.45, 7) is 1.90. The van der Waals surface area contributed by atoms with Gasteiger partial charge in [0.25, 0.3) is 11.8 Å². The van der Waals surface area contributed by atoms with Gasteiger partial charge in [0.2, 0.25) is 0 Å². The summed E-state index contributed by atoms with van der Waals surface area (Å²) in [5.41, 5.74) is 1.95. The second kappa shape index (κ2) is 8.81. The standard InChI is InChI=1S/C22H21N3O3/c1-15(16-7-4-3-5-8-16)23-21(26)19-9-6-10-20(25-19)22(27)24-17-11-13-18(28-2)14-12-17/h3-15H,1-2H3,(H,23,26)(H,24,27). The number of benzene rings is 2. The van der Waals surface area contributed by atoms with Crippen LogP contribution in [0.25, 0.3) is 0 Å². The van der Waals surface area contributed by atoms with Crippen molar-refractivity contribution in [3.63, 3.8) is 0 Å². The summed E-state index contributed by atoms with van der Waals surface area (Å²) in [7, 11) is 1.58. The predicted octanol–water partition coefficient (Wildman–Crippen LogP) is 3.83. The van der Waals surface area contributed by atoms with Gasteiger partial charge in [-0.25, -0.2) is 4.98 Å². The Morgan fingerprint density at radius 2 is 1.50 bits per heavy atom. The first-order valence-electron chi connectivity index (χ1n) is 8.85. The highest BCUT2D eigenvalue weighted by Crippen LogP contribution is 2.16. The van der Waals surface area contributed by atoms with E-state index in [0.717, 1.165) is 5.56 Å². The molecule has 6 heteroatoms. The topological polar surface area (TPSA) is 80.3 Å². The highest BCUT2D eigenvalue weighted by molar-refractivity contribution is 6.03. The second-order valence-electron chi connectivity index (χ2n) is 6.20. The second-order valence-corrected chi connectivity index (χ2v) is 6.20. The first-order valence-corrected chi connectivity index (χ1v) is 8.85. The van der Waals surface area contributed by atoms with Crippen LogP contribution in [0.1, 0.15) is 39.5 Å². The molecule has 0 saturated heterocycles. The molecule has 2 aromatic carbocycles. The number of methoxy groups -OCH3 is 1. The van der Waals surface area contributed by atoms with Gasteiger partial charge in [-0.05, 0) is 48.9 Å². The Morgan fingerprint density at radius 3 is 2.14 bits per heavy atom. The number of hydrogen-bond acceptors (Lipinski definition) is 4. The van der Waals surface area contributed by atoms with E-state index in [1.165, 1.54) is 0 Å². The molecule has 0 spiro atoms. The van der Waals surface area contributed by atoms with Gasteiger partial charge in [0.1, 0.15) is 17.1 Å². The van der Waals surface area contributed by atoms with Gasteiger partial charge in [-0.3, -0.25) is 9.59 Å². The molecule has 1 aromatic heterocycles. The molecular weight excluding hydrogens is 354 g/mol. The number of nitrogens with one attached hydrogen (secondary N) is 2. The van der Waals surface area contributed by atoms with Crippen molar-refractivity contribution in [3.8, 4) is 5.75 Å². The van der Waals surface area contributed by atoms with Crippen LogP contribution in [0.15, 0.2) is 72.8 Å². The number of aromatic nitrogens is 1. The predicted molar refractivity (Wildman–Crippen MR) is 108 cm³/mol. The van der Waals surface area contributed by atoms with Gasteiger partial charge in [-0.1, -0.05) is 36.4 Å². The summed E-state index contributed by atoms with van der Waals surface area (Å²) in [6.07, 6.45) is 0. The van der Waals surface area contributed by atoms with Crippen molar-refractivity contribution in [1.29, 1.82) is 0 Å². The number of amides is 2. The molecule has 142 valence electrons. The largest absolute Gasteiger partial charge is 0.497 e. The van der Waals surface area contributed by atoms with Gasteiger partial charge in [0.15, 0.2) is 0 Å². The molecule has 2 N–H and O–H groups in total. The Bertz CT molecular complexity index is 956. The van der Waals surface area contributed by atoms with E-state index in [9.17, 15) is 9.59 Å². The lowest BCUT2D eigenvalue weighted by Crippen LogP contribution is -2.28. The summed E-state index contributed by atoms with van der Waals surface area (Å²) < 4.78 is 5.09. The first kappa shape index (κ1) is 19.1. The number of hydrogen-bond donors (Lipinski definition) is 2. The number of carbonyl (C=O) groups excluding carboxylic acids is 2. The molecule has 0 saturated carbocycles. The Hall–Kier alpha value is -3.67. The van der Waals surface area contributed by atoms with Crippen molar-refractivity contribution in [1.82, 2.24) is 10.3 Å². The van der Waals surface area contributed by atoms with Crippen LogP contribution in [0, 0.1) is 0 Å². The average Bonchev–Trinajstić information content (AvgIpc) is 2.75. The van der Waals surface area contributed by atoms with Gasteiger partial charge in [-0.2, -0.15) is 0 Å². The van der Waals surface area contributed by atoms with Crippen LogP contribution in [-0.2, 0) is 0 Å². The zero-order valence-electron chi connectivity index (χ0n) is 15.7. The smallest absolute Gasteiger partial charge is 0.274 e. The summed E-state index contributed by atoms with van der Waals surface area (Å²) in [4.78, 5) is 29.2. The number of nitrogens with zero attached hydrogens (tertiary/aromatic N) is 1. The molecule has 0 aliphatic carbocycles. The van der Waals surface area contributed by atoms with Crippen LogP contribution in [0.2, 0.25) is 0 Å². The van der Waals surface area contributed by atoms with Crippen molar-refractivity contribution in [2.24, 2.45) is 0 Å². The number of rotatable bonds is 6. The van der Waals surface area contributed by atoms with Crippen LogP contribution in [-0.4, -0.2) is 23.9 Å². The van der Waals surface area contributed by atoms with E-state index in [2.05, 4.69) is 15.6 Å². The minimum Gasteiger partial charge on any atom is -0.497 e. The van der Waals surface area contributed by atoms with E-state index in [4.69, 9.17) is 4.74 Å². The molecule has 1 unspecified atom stereocenters.